The van der Waals surface area contributed by atoms with Crippen LogP contribution in [0.25, 0.3) is 0 Å². The van der Waals surface area contributed by atoms with Gasteiger partial charge in [0.25, 0.3) is 0 Å². The lowest BCUT2D eigenvalue weighted by Crippen LogP contribution is -2.41. The molecule has 2 heterocycles. The highest BCUT2D eigenvalue weighted by molar-refractivity contribution is 7.89. The lowest BCUT2D eigenvalue weighted by molar-refractivity contribution is -0.120. The summed E-state index contributed by atoms with van der Waals surface area (Å²) in [5, 5.41) is 3.05. The topological polar surface area (TPSA) is 69.7 Å². The molecule has 0 aromatic heterocycles. The number of carbonyl (C=O) groups is 1. The second-order valence-electron chi connectivity index (χ2n) is 9.57. The monoisotopic (exact) mass is 469 g/mol. The van der Waals surface area contributed by atoms with E-state index in [-0.39, 0.29) is 11.8 Å². The van der Waals surface area contributed by atoms with Gasteiger partial charge in [-0.15, -0.1) is 0 Å². The molecule has 2 fully saturated rings. The van der Waals surface area contributed by atoms with Crippen molar-refractivity contribution in [3.8, 4) is 0 Å². The Kier molecular flexibility index (Phi) is 7.51. The molecule has 0 aliphatic carbocycles. The highest BCUT2D eigenvalue weighted by Crippen LogP contribution is 2.26. The molecule has 0 saturated carbocycles. The fraction of sp³-hybridized carbons (Fsp3) is 0.500. The number of amides is 1. The number of benzene rings is 2. The number of hydrogen-bond donors (Lipinski definition) is 1. The van der Waals surface area contributed by atoms with Crippen LogP contribution in [0.3, 0.4) is 0 Å². The van der Waals surface area contributed by atoms with Crippen LogP contribution < -0.4 is 5.32 Å². The van der Waals surface area contributed by atoms with Crippen molar-refractivity contribution >= 4 is 21.6 Å². The minimum absolute atomic E-state index is 0.0216. The number of carbonyl (C=O) groups excluding carboxylic acids is 1. The average Bonchev–Trinajstić information content (AvgIpc) is 3.32. The first-order valence-corrected chi connectivity index (χ1v) is 13.5. The Hall–Kier alpha value is -2.22. The predicted molar refractivity (Wildman–Crippen MR) is 132 cm³/mol. The third-order valence-electron chi connectivity index (χ3n) is 6.81. The van der Waals surface area contributed by atoms with Crippen LogP contribution in [-0.4, -0.2) is 49.7 Å². The lowest BCUT2D eigenvalue weighted by atomic mass is 9.97. The van der Waals surface area contributed by atoms with Gasteiger partial charge in [0.05, 0.1) is 4.90 Å². The van der Waals surface area contributed by atoms with Crippen LogP contribution in [0.1, 0.15) is 56.6 Å². The third-order valence-corrected chi connectivity index (χ3v) is 8.72. The molecule has 2 aromatic carbocycles. The van der Waals surface area contributed by atoms with Gasteiger partial charge >= 0.3 is 0 Å². The molecule has 2 saturated heterocycles. The van der Waals surface area contributed by atoms with E-state index in [9.17, 15) is 13.2 Å². The zero-order valence-corrected chi connectivity index (χ0v) is 20.5. The van der Waals surface area contributed by atoms with Crippen LogP contribution in [0.5, 0.6) is 0 Å². The number of likely N-dealkylation sites (tertiary alicyclic amines) is 1. The van der Waals surface area contributed by atoms with Crippen LogP contribution in [-0.2, 0) is 21.4 Å². The van der Waals surface area contributed by atoms with Gasteiger partial charge in [-0.3, -0.25) is 9.69 Å². The largest absolute Gasteiger partial charge is 0.326 e. The standard InChI is InChI=1S/C26H35N3O3S/c1-20(2)22-8-10-25(11-9-22)33(31,32)29-16-12-23(13-17-29)26(30)27-24-7-5-6-21(18-24)19-28-14-3-4-15-28/h5-11,18,20,23H,3-4,12-17,19H2,1-2H3,(H,27,30). The van der Waals surface area contributed by atoms with E-state index in [1.165, 1.54) is 22.7 Å². The summed E-state index contributed by atoms with van der Waals surface area (Å²) in [6.07, 6.45) is 3.58. The molecule has 0 unspecified atom stereocenters. The molecule has 178 valence electrons. The molecule has 2 aliphatic rings. The molecule has 0 radical (unpaired) electrons. The predicted octanol–water partition coefficient (Wildman–Crippen LogP) is 4.45. The number of anilines is 1. The van der Waals surface area contributed by atoms with Crippen LogP contribution >= 0.6 is 0 Å². The zero-order valence-electron chi connectivity index (χ0n) is 19.7. The van der Waals surface area contributed by atoms with Gasteiger partial charge in [-0.1, -0.05) is 38.1 Å². The van der Waals surface area contributed by atoms with Gasteiger partial charge in [0.1, 0.15) is 0 Å². The van der Waals surface area contributed by atoms with Crippen molar-refractivity contribution in [2.45, 2.75) is 56.9 Å². The Morgan fingerprint density at radius 1 is 1.00 bits per heavy atom. The fourth-order valence-corrected chi connectivity index (χ4v) is 6.19. The van der Waals surface area contributed by atoms with E-state index in [0.29, 0.717) is 36.7 Å². The van der Waals surface area contributed by atoms with Crippen LogP contribution in [0.2, 0.25) is 0 Å². The average molecular weight is 470 g/mol. The first-order chi connectivity index (χ1) is 15.8. The highest BCUT2D eigenvalue weighted by Gasteiger charge is 2.32. The maximum Gasteiger partial charge on any atom is 0.243 e. The molecule has 2 aromatic rings. The molecule has 0 bridgehead atoms. The van der Waals surface area contributed by atoms with Gasteiger partial charge in [0.2, 0.25) is 15.9 Å². The number of nitrogens with zero attached hydrogens (tertiary/aromatic N) is 2. The second kappa shape index (κ2) is 10.4. The molecule has 33 heavy (non-hydrogen) atoms. The first-order valence-electron chi connectivity index (χ1n) is 12.1. The Morgan fingerprint density at radius 3 is 2.30 bits per heavy atom. The van der Waals surface area contributed by atoms with E-state index in [1.54, 1.807) is 12.1 Å². The third kappa shape index (κ3) is 5.83. The minimum Gasteiger partial charge on any atom is -0.326 e. The quantitative estimate of drug-likeness (QED) is 0.651. The molecule has 6 nitrogen and oxygen atoms in total. The van der Waals surface area contributed by atoms with E-state index in [1.807, 2.05) is 24.3 Å². The number of sulfonamides is 1. The fourth-order valence-electron chi connectivity index (χ4n) is 4.72. The molecule has 7 heteroatoms. The molecule has 0 atom stereocenters. The minimum atomic E-state index is -3.53. The summed E-state index contributed by atoms with van der Waals surface area (Å²) in [6.45, 7) is 8.09. The van der Waals surface area contributed by atoms with Gasteiger partial charge in [0.15, 0.2) is 0 Å². The smallest absolute Gasteiger partial charge is 0.243 e. The number of rotatable bonds is 7. The van der Waals surface area contributed by atoms with Crippen molar-refractivity contribution in [2.24, 2.45) is 5.92 Å². The molecule has 4 rings (SSSR count). The summed E-state index contributed by atoms with van der Waals surface area (Å²) in [4.78, 5) is 15.6. The highest BCUT2D eigenvalue weighted by atomic mass is 32.2. The van der Waals surface area contributed by atoms with E-state index in [2.05, 4.69) is 36.2 Å². The van der Waals surface area contributed by atoms with Crippen molar-refractivity contribution < 1.29 is 13.2 Å². The van der Waals surface area contributed by atoms with Crippen molar-refractivity contribution in [3.05, 3.63) is 59.7 Å². The second-order valence-corrected chi connectivity index (χ2v) is 11.5. The van der Waals surface area contributed by atoms with Gasteiger partial charge in [-0.05, 0) is 80.1 Å². The van der Waals surface area contributed by atoms with Gasteiger partial charge in [-0.25, -0.2) is 8.42 Å². The molecule has 0 spiro atoms. The van der Waals surface area contributed by atoms with Gasteiger partial charge in [-0.2, -0.15) is 4.31 Å². The normalized spacial score (nSPS) is 18.6. The summed E-state index contributed by atoms with van der Waals surface area (Å²) < 4.78 is 27.6. The molecule has 1 N–H and O–H groups in total. The maximum absolute atomic E-state index is 13.0. The van der Waals surface area contributed by atoms with Crippen LogP contribution in [0.4, 0.5) is 5.69 Å². The summed E-state index contributed by atoms with van der Waals surface area (Å²) in [5.41, 5.74) is 3.14. The molecular weight excluding hydrogens is 434 g/mol. The maximum atomic E-state index is 13.0. The SMILES string of the molecule is CC(C)c1ccc(S(=O)(=O)N2CCC(C(=O)Nc3cccc(CN4CCCC4)c3)CC2)cc1. The first kappa shape index (κ1) is 23.9. The van der Waals surface area contributed by atoms with Crippen LogP contribution in [0, 0.1) is 5.92 Å². The van der Waals surface area contributed by atoms with Gasteiger partial charge in [0, 0.05) is 31.2 Å². The van der Waals surface area contributed by atoms with Crippen molar-refractivity contribution in [1.82, 2.24) is 9.21 Å². The van der Waals surface area contributed by atoms with E-state index < -0.39 is 10.0 Å². The van der Waals surface area contributed by atoms with E-state index >= 15 is 0 Å². The summed E-state index contributed by atoms with van der Waals surface area (Å²) in [7, 11) is -3.53. The molecule has 1 amide bonds. The lowest BCUT2D eigenvalue weighted by Gasteiger charge is -2.30. The van der Waals surface area contributed by atoms with E-state index in [0.717, 1.165) is 30.9 Å². The number of nitrogens with one attached hydrogen (secondary N) is 1. The van der Waals surface area contributed by atoms with Crippen molar-refractivity contribution in [2.75, 3.05) is 31.5 Å². The Balaban J connectivity index is 1.32. The van der Waals surface area contributed by atoms with E-state index in [4.69, 9.17) is 0 Å². The van der Waals surface area contributed by atoms with Crippen LogP contribution in [0.15, 0.2) is 53.4 Å². The Bertz CT molecular complexity index is 1050. The number of hydrogen-bond acceptors (Lipinski definition) is 4. The van der Waals surface area contributed by atoms with Gasteiger partial charge < -0.3 is 5.32 Å². The Labute approximate surface area is 198 Å². The van der Waals surface area contributed by atoms with Crippen molar-refractivity contribution in [3.63, 3.8) is 0 Å². The summed E-state index contributed by atoms with van der Waals surface area (Å²) in [5.74, 6) is 0.158. The summed E-state index contributed by atoms with van der Waals surface area (Å²) >= 11 is 0. The van der Waals surface area contributed by atoms with Crippen molar-refractivity contribution in [1.29, 1.82) is 0 Å². The molecule has 2 aliphatic heterocycles. The molecular formula is C26H35N3O3S. The number of piperidine rings is 1. The Morgan fingerprint density at radius 2 is 1.67 bits per heavy atom. The summed E-state index contributed by atoms with van der Waals surface area (Å²) in [6, 6.07) is 15.2. The zero-order chi connectivity index (χ0) is 23.4.